The quantitative estimate of drug-likeness (QED) is 0.751. The van der Waals surface area contributed by atoms with E-state index in [9.17, 15) is 0 Å². The predicted octanol–water partition coefficient (Wildman–Crippen LogP) is 3.47. The third-order valence-electron chi connectivity index (χ3n) is 4.89. The largest absolute Gasteiger partial charge is 0.351 e. The maximum Gasteiger partial charge on any atom is 0.129 e. The van der Waals surface area contributed by atoms with Crippen molar-refractivity contribution in [3.63, 3.8) is 0 Å². The van der Waals surface area contributed by atoms with Crippen LogP contribution in [0.3, 0.4) is 0 Å². The van der Waals surface area contributed by atoms with E-state index in [4.69, 9.17) is 6.42 Å². The first kappa shape index (κ1) is 12.5. The van der Waals surface area contributed by atoms with Gasteiger partial charge in [-0.15, -0.1) is 6.42 Å². The Balaban J connectivity index is 1.81. The number of rotatable bonds is 2. The first-order valence-corrected chi connectivity index (χ1v) is 7.40. The van der Waals surface area contributed by atoms with Crippen molar-refractivity contribution in [1.29, 1.82) is 0 Å². The lowest BCUT2D eigenvalue weighted by Gasteiger charge is -2.41. The van der Waals surface area contributed by atoms with Crippen molar-refractivity contribution in [1.82, 2.24) is 4.98 Å². The highest BCUT2D eigenvalue weighted by Crippen LogP contribution is 2.43. The van der Waals surface area contributed by atoms with Gasteiger partial charge in [-0.05, 0) is 49.7 Å². The molecule has 2 aliphatic rings. The fraction of sp³-hybridized carbons (Fsp3) is 0.588. The Bertz CT molecular complexity index is 469. The molecule has 0 N–H and O–H groups in total. The minimum Gasteiger partial charge on any atom is -0.351 e. The number of nitrogens with zero attached hydrogens (tertiary/aromatic N) is 2. The summed E-state index contributed by atoms with van der Waals surface area (Å²) in [6, 6.07) is 5.48. The van der Waals surface area contributed by atoms with E-state index >= 15 is 0 Å². The maximum atomic E-state index is 5.39. The molecule has 2 unspecified atom stereocenters. The summed E-state index contributed by atoms with van der Waals surface area (Å²) < 4.78 is 0. The van der Waals surface area contributed by atoms with Gasteiger partial charge in [-0.3, -0.25) is 0 Å². The third-order valence-corrected chi connectivity index (χ3v) is 4.89. The fourth-order valence-corrected chi connectivity index (χ4v) is 3.76. The second-order valence-corrected chi connectivity index (χ2v) is 6.32. The molecule has 1 aromatic rings. The molecule has 3 rings (SSSR count). The van der Waals surface area contributed by atoms with E-state index in [-0.39, 0.29) is 0 Å². The predicted molar refractivity (Wildman–Crippen MR) is 79.0 cm³/mol. The third kappa shape index (κ3) is 2.23. The number of anilines is 1. The molecule has 0 amide bonds. The Kier molecular flexibility index (Phi) is 3.22. The highest BCUT2D eigenvalue weighted by Gasteiger charge is 2.41. The average molecular weight is 254 g/mol. The number of pyridine rings is 1. The molecule has 2 aliphatic heterocycles. The molecule has 0 spiro atoms. The molecule has 0 aliphatic carbocycles. The number of hydrogen-bond acceptors (Lipinski definition) is 2. The zero-order valence-corrected chi connectivity index (χ0v) is 11.8. The highest BCUT2D eigenvalue weighted by atomic mass is 15.3. The van der Waals surface area contributed by atoms with E-state index in [1.807, 2.05) is 12.3 Å². The van der Waals surface area contributed by atoms with Gasteiger partial charge >= 0.3 is 0 Å². The minimum atomic E-state index is 0.690. The smallest absolute Gasteiger partial charge is 0.129 e. The summed E-state index contributed by atoms with van der Waals surface area (Å²) in [7, 11) is 0. The van der Waals surface area contributed by atoms with Crippen LogP contribution in [-0.4, -0.2) is 17.1 Å². The molecule has 2 bridgehead atoms. The molecule has 2 saturated heterocycles. The van der Waals surface area contributed by atoms with Crippen LogP contribution in [0.1, 0.15) is 45.1 Å². The van der Waals surface area contributed by atoms with Gasteiger partial charge in [0, 0.05) is 23.8 Å². The van der Waals surface area contributed by atoms with Crippen LogP contribution in [0.2, 0.25) is 0 Å². The summed E-state index contributed by atoms with van der Waals surface area (Å²) in [6.07, 6.45) is 12.5. The number of terminal acetylenes is 1. The van der Waals surface area contributed by atoms with Crippen molar-refractivity contribution < 1.29 is 0 Å². The Morgan fingerprint density at radius 1 is 1.26 bits per heavy atom. The summed E-state index contributed by atoms with van der Waals surface area (Å²) in [4.78, 5) is 7.12. The molecular formula is C17H22N2. The Hall–Kier alpha value is -1.49. The monoisotopic (exact) mass is 254 g/mol. The lowest BCUT2D eigenvalue weighted by molar-refractivity contribution is 0.267. The van der Waals surface area contributed by atoms with E-state index in [1.165, 1.54) is 25.7 Å². The number of aromatic nitrogens is 1. The molecule has 3 heterocycles. The lowest BCUT2D eigenvalue weighted by Crippen LogP contribution is -2.44. The SMILES string of the molecule is C#Cc1ccc(N2C3CCC2CC(C(C)C)C3)nc1. The van der Waals surface area contributed by atoms with E-state index in [1.54, 1.807) is 0 Å². The van der Waals surface area contributed by atoms with Crippen LogP contribution in [-0.2, 0) is 0 Å². The number of hydrogen-bond donors (Lipinski definition) is 0. The van der Waals surface area contributed by atoms with Crippen molar-refractivity contribution in [3.8, 4) is 12.3 Å². The van der Waals surface area contributed by atoms with Gasteiger partial charge in [0.15, 0.2) is 0 Å². The molecular weight excluding hydrogens is 232 g/mol. The van der Waals surface area contributed by atoms with Gasteiger partial charge < -0.3 is 4.90 Å². The van der Waals surface area contributed by atoms with Gasteiger partial charge in [0.1, 0.15) is 5.82 Å². The summed E-state index contributed by atoms with van der Waals surface area (Å²) >= 11 is 0. The first-order chi connectivity index (χ1) is 9.19. The summed E-state index contributed by atoms with van der Waals surface area (Å²) in [6.45, 7) is 4.72. The van der Waals surface area contributed by atoms with Crippen LogP contribution >= 0.6 is 0 Å². The summed E-state index contributed by atoms with van der Waals surface area (Å²) in [5.74, 6) is 5.45. The minimum absolute atomic E-state index is 0.690. The van der Waals surface area contributed by atoms with Crippen molar-refractivity contribution >= 4 is 5.82 Å². The second-order valence-electron chi connectivity index (χ2n) is 6.32. The standard InChI is InChI=1S/C17H22N2/c1-4-13-5-8-17(18-11-13)19-15-6-7-16(19)10-14(9-15)12(2)3/h1,5,8,11-12,14-16H,6-7,9-10H2,2-3H3. The van der Waals surface area contributed by atoms with Gasteiger partial charge in [0.25, 0.3) is 0 Å². The molecule has 0 saturated carbocycles. The summed E-state index contributed by atoms with van der Waals surface area (Å²) in [5, 5.41) is 0. The molecule has 0 aromatic carbocycles. The van der Waals surface area contributed by atoms with Crippen molar-refractivity contribution in [3.05, 3.63) is 23.9 Å². The van der Waals surface area contributed by atoms with Crippen molar-refractivity contribution in [2.45, 2.75) is 51.6 Å². The normalized spacial score (nSPS) is 29.6. The average Bonchev–Trinajstić information content (AvgIpc) is 2.68. The van der Waals surface area contributed by atoms with Gasteiger partial charge in [-0.1, -0.05) is 19.8 Å². The summed E-state index contributed by atoms with van der Waals surface area (Å²) in [5.41, 5.74) is 0.869. The van der Waals surface area contributed by atoms with Gasteiger partial charge in [-0.2, -0.15) is 0 Å². The van der Waals surface area contributed by atoms with Crippen LogP contribution in [0, 0.1) is 24.2 Å². The number of fused-ring (bicyclic) bond motifs is 2. The molecule has 0 radical (unpaired) electrons. The van der Waals surface area contributed by atoms with Gasteiger partial charge in [0.05, 0.1) is 0 Å². The van der Waals surface area contributed by atoms with E-state index in [2.05, 4.69) is 35.7 Å². The van der Waals surface area contributed by atoms with Crippen LogP contribution in [0.4, 0.5) is 5.82 Å². The van der Waals surface area contributed by atoms with Crippen LogP contribution in [0.15, 0.2) is 18.3 Å². The molecule has 2 fully saturated rings. The van der Waals surface area contributed by atoms with E-state index in [0.29, 0.717) is 12.1 Å². The molecule has 100 valence electrons. The maximum absolute atomic E-state index is 5.39. The topological polar surface area (TPSA) is 16.1 Å². The Morgan fingerprint density at radius 2 is 1.95 bits per heavy atom. The first-order valence-electron chi connectivity index (χ1n) is 7.40. The molecule has 2 heteroatoms. The van der Waals surface area contributed by atoms with E-state index < -0.39 is 0 Å². The number of piperidine rings is 1. The second kappa shape index (κ2) is 4.89. The Labute approximate surface area is 116 Å². The van der Waals surface area contributed by atoms with Gasteiger partial charge in [0.2, 0.25) is 0 Å². The van der Waals surface area contributed by atoms with Crippen LogP contribution in [0.25, 0.3) is 0 Å². The van der Waals surface area contributed by atoms with Gasteiger partial charge in [-0.25, -0.2) is 4.98 Å². The molecule has 2 atom stereocenters. The van der Waals surface area contributed by atoms with Crippen LogP contribution in [0.5, 0.6) is 0 Å². The zero-order chi connectivity index (χ0) is 13.4. The highest BCUT2D eigenvalue weighted by molar-refractivity contribution is 5.46. The molecule has 2 nitrogen and oxygen atoms in total. The van der Waals surface area contributed by atoms with Crippen molar-refractivity contribution in [2.24, 2.45) is 11.8 Å². The lowest BCUT2D eigenvalue weighted by atomic mass is 9.82. The fourth-order valence-electron chi connectivity index (χ4n) is 3.76. The zero-order valence-electron chi connectivity index (χ0n) is 11.8. The van der Waals surface area contributed by atoms with E-state index in [0.717, 1.165) is 23.2 Å². The van der Waals surface area contributed by atoms with Crippen LogP contribution < -0.4 is 4.90 Å². The molecule has 1 aromatic heterocycles. The Morgan fingerprint density at radius 3 is 2.42 bits per heavy atom. The molecule has 19 heavy (non-hydrogen) atoms. The van der Waals surface area contributed by atoms with Crippen molar-refractivity contribution in [2.75, 3.05) is 4.90 Å².